The minimum Gasteiger partial charge on any atom is -0.367 e. The number of anilines is 1. The molecule has 0 bridgehead atoms. The van der Waals surface area contributed by atoms with E-state index in [9.17, 15) is 10.1 Å². The first-order chi connectivity index (χ1) is 7.97. The van der Waals surface area contributed by atoms with Crippen LogP contribution >= 0.6 is 15.9 Å². The maximum atomic E-state index is 10.9. The lowest BCUT2D eigenvalue weighted by atomic mass is 10.2. The molecule has 1 aromatic rings. The van der Waals surface area contributed by atoms with Crippen molar-refractivity contribution in [3.63, 3.8) is 0 Å². The van der Waals surface area contributed by atoms with Gasteiger partial charge in [0.2, 0.25) is 0 Å². The minimum absolute atomic E-state index is 0.0768. The van der Waals surface area contributed by atoms with Crippen molar-refractivity contribution in [2.45, 2.75) is 6.92 Å². The molecule has 1 rings (SSSR count). The van der Waals surface area contributed by atoms with Crippen molar-refractivity contribution in [1.29, 1.82) is 5.26 Å². The first-order valence-corrected chi connectivity index (χ1v) is 5.65. The minimum atomic E-state index is -0.485. The second-order valence-electron chi connectivity index (χ2n) is 3.66. The van der Waals surface area contributed by atoms with E-state index in [1.165, 1.54) is 12.4 Å². The van der Waals surface area contributed by atoms with Crippen molar-refractivity contribution in [2.75, 3.05) is 18.5 Å². The fourth-order valence-electron chi connectivity index (χ4n) is 1.47. The molecule has 0 aromatic carbocycles. The molecule has 0 fully saturated rings. The number of nitrogens with zero attached hydrogens (tertiary/aromatic N) is 4. The summed E-state index contributed by atoms with van der Waals surface area (Å²) in [7, 11) is 1.71. The van der Waals surface area contributed by atoms with Gasteiger partial charge >= 0.3 is 5.69 Å². The Balaban J connectivity index is 3.12. The van der Waals surface area contributed by atoms with Gasteiger partial charge in [0.05, 0.1) is 21.4 Å². The number of pyridine rings is 1. The molecule has 17 heavy (non-hydrogen) atoms. The van der Waals surface area contributed by atoms with E-state index in [4.69, 9.17) is 5.26 Å². The summed E-state index contributed by atoms with van der Waals surface area (Å²) < 4.78 is 0.541. The van der Waals surface area contributed by atoms with Gasteiger partial charge in [-0.05, 0) is 22.9 Å². The summed E-state index contributed by atoms with van der Waals surface area (Å²) in [6.45, 7) is 2.18. The van der Waals surface area contributed by atoms with Crippen molar-refractivity contribution >= 4 is 27.3 Å². The molecule has 0 saturated carbocycles. The van der Waals surface area contributed by atoms with Gasteiger partial charge in [0.15, 0.2) is 0 Å². The van der Waals surface area contributed by atoms with Gasteiger partial charge in [-0.2, -0.15) is 5.26 Å². The Morgan fingerprint density at radius 3 is 2.88 bits per heavy atom. The highest BCUT2D eigenvalue weighted by Crippen LogP contribution is 2.34. The predicted molar refractivity (Wildman–Crippen MR) is 66.6 cm³/mol. The van der Waals surface area contributed by atoms with Crippen molar-refractivity contribution in [3.8, 4) is 6.07 Å². The van der Waals surface area contributed by atoms with Gasteiger partial charge in [0.25, 0.3) is 0 Å². The molecule has 0 aliphatic rings. The van der Waals surface area contributed by atoms with Crippen LogP contribution in [0.3, 0.4) is 0 Å². The Morgan fingerprint density at radius 2 is 2.35 bits per heavy atom. The van der Waals surface area contributed by atoms with Gasteiger partial charge in [0, 0.05) is 19.8 Å². The Hall–Kier alpha value is -1.68. The molecule has 0 saturated heterocycles. The monoisotopic (exact) mass is 298 g/mol. The standard InChI is InChI=1S/C10H11BrN4O2/c1-7(3-12)6-14(2)10-8(11)4-13-5-9(10)15(16)17/h4-5,7H,6H2,1-2H3. The number of nitriles is 1. The van der Waals surface area contributed by atoms with Gasteiger partial charge in [-0.15, -0.1) is 0 Å². The van der Waals surface area contributed by atoms with Gasteiger partial charge < -0.3 is 4.90 Å². The van der Waals surface area contributed by atoms with Crippen LogP contribution in [-0.4, -0.2) is 23.5 Å². The first-order valence-electron chi connectivity index (χ1n) is 4.86. The average molecular weight is 299 g/mol. The summed E-state index contributed by atoms with van der Waals surface area (Å²) in [5.74, 6) is -0.209. The smallest absolute Gasteiger partial charge is 0.311 e. The second kappa shape index (κ2) is 5.59. The van der Waals surface area contributed by atoms with E-state index in [0.717, 1.165) is 0 Å². The molecule has 1 unspecified atom stereocenters. The molecule has 6 nitrogen and oxygen atoms in total. The lowest BCUT2D eigenvalue weighted by Gasteiger charge is -2.21. The van der Waals surface area contributed by atoms with Crippen molar-refractivity contribution in [2.24, 2.45) is 5.92 Å². The maximum Gasteiger partial charge on any atom is 0.311 e. The molecule has 1 heterocycles. The highest BCUT2D eigenvalue weighted by Gasteiger charge is 2.21. The molecule has 0 spiro atoms. The fraction of sp³-hybridized carbons (Fsp3) is 0.400. The van der Waals surface area contributed by atoms with Crippen LogP contribution in [0.25, 0.3) is 0 Å². The lowest BCUT2D eigenvalue weighted by Crippen LogP contribution is -2.24. The SMILES string of the molecule is CC(C#N)CN(C)c1c(Br)cncc1[N+](=O)[O-]. The van der Waals surface area contributed by atoms with Crippen LogP contribution in [0.5, 0.6) is 0 Å². The number of aromatic nitrogens is 1. The second-order valence-corrected chi connectivity index (χ2v) is 4.51. The van der Waals surface area contributed by atoms with Crippen LogP contribution in [0.1, 0.15) is 6.92 Å². The zero-order valence-electron chi connectivity index (χ0n) is 9.42. The Kier molecular flexibility index (Phi) is 4.40. The average Bonchev–Trinajstić information content (AvgIpc) is 2.28. The third kappa shape index (κ3) is 3.14. The molecular formula is C10H11BrN4O2. The molecule has 1 atom stereocenters. The van der Waals surface area contributed by atoms with Crippen LogP contribution in [0.15, 0.2) is 16.9 Å². The van der Waals surface area contributed by atoms with Crippen molar-refractivity contribution in [1.82, 2.24) is 4.98 Å². The Labute approximate surface area is 107 Å². The molecular weight excluding hydrogens is 288 g/mol. The van der Waals surface area contributed by atoms with Gasteiger partial charge in [0.1, 0.15) is 11.9 Å². The molecule has 0 radical (unpaired) electrons. The number of rotatable bonds is 4. The van der Waals surface area contributed by atoms with E-state index in [2.05, 4.69) is 27.0 Å². The molecule has 90 valence electrons. The largest absolute Gasteiger partial charge is 0.367 e. The zero-order chi connectivity index (χ0) is 13.0. The van der Waals surface area contributed by atoms with Crippen LogP contribution in [0.4, 0.5) is 11.4 Å². The normalized spacial score (nSPS) is 11.6. The lowest BCUT2D eigenvalue weighted by molar-refractivity contribution is -0.384. The number of nitro groups is 1. The van der Waals surface area contributed by atoms with E-state index in [1.807, 2.05) is 0 Å². The van der Waals surface area contributed by atoms with Gasteiger partial charge in [-0.3, -0.25) is 15.1 Å². The van der Waals surface area contributed by atoms with E-state index in [-0.39, 0.29) is 11.6 Å². The van der Waals surface area contributed by atoms with Crippen molar-refractivity contribution in [3.05, 3.63) is 27.0 Å². The molecule has 7 heteroatoms. The molecule has 1 aromatic heterocycles. The number of hydrogen-bond acceptors (Lipinski definition) is 5. The summed E-state index contributed by atoms with van der Waals surface area (Å²) in [4.78, 5) is 15.8. The zero-order valence-corrected chi connectivity index (χ0v) is 11.0. The molecule has 0 amide bonds. The van der Waals surface area contributed by atoms with Crippen LogP contribution in [-0.2, 0) is 0 Å². The third-order valence-electron chi connectivity index (χ3n) is 2.20. The predicted octanol–water partition coefficient (Wildman–Crippen LogP) is 2.35. The molecule has 0 aliphatic carbocycles. The van der Waals surface area contributed by atoms with Gasteiger partial charge in [-0.1, -0.05) is 0 Å². The third-order valence-corrected chi connectivity index (χ3v) is 2.78. The summed E-state index contributed by atoms with van der Waals surface area (Å²) >= 11 is 3.24. The van der Waals surface area contributed by atoms with Crippen molar-refractivity contribution < 1.29 is 4.92 Å². The first kappa shape index (κ1) is 13.4. The van der Waals surface area contributed by atoms with Crippen LogP contribution in [0, 0.1) is 27.4 Å². The summed E-state index contributed by atoms with van der Waals surface area (Å²) in [5, 5.41) is 19.6. The summed E-state index contributed by atoms with van der Waals surface area (Å²) in [6.07, 6.45) is 2.70. The Bertz CT molecular complexity index is 472. The quantitative estimate of drug-likeness (QED) is 0.629. The van der Waals surface area contributed by atoms with Crippen LogP contribution < -0.4 is 4.90 Å². The summed E-state index contributed by atoms with van der Waals surface area (Å²) in [6, 6.07) is 2.09. The highest BCUT2D eigenvalue weighted by atomic mass is 79.9. The van der Waals surface area contributed by atoms with Crippen LogP contribution in [0.2, 0.25) is 0 Å². The van der Waals surface area contributed by atoms with E-state index >= 15 is 0 Å². The number of hydrogen-bond donors (Lipinski definition) is 0. The number of halogens is 1. The maximum absolute atomic E-state index is 10.9. The molecule has 0 N–H and O–H groups in total. The van der Waals surface area contributed by atoms with E-state index in [0.29, 0.717) is 16.7 Å². The summed E-state index contributed by atoms with van der Waals surface area (Å²) in [5.41, 5.74) is 0.360. The van der Waals surface area contributed by atoms with Gasteiger partial charge in [-0.25, -0.2) is 0 Å². The molecule has 0 aliphatic heterocycles. The topological polar surface area (TPSA) is 83.1 Å². The van der Waals surface area contributed by atoms with E-state index in [1.54, 1.807) is 18.9 Å². The van der Waals surface area contributed by atoms with E-state index < -0.39 is 4.92 Å². The Morgan fingerprint density at radius 1 is 1.71 bits per heavy atom. The fourth-order valence-corrected chi connectivity index (χ4v) is 2.10. The highest BCUT2D eigenvalue weighted by molar-refractivity contribution is 9.10.